The lowest BCUT2D eigenvalue weighted by Gasteiger charge is -2.28. The highest BCUT2D eigenvalue weighted by Gasteiger charge is 2.22. The molecular weight excluding hydrogens is 216 g/mol. The fourth-order valence-electron chi connectivity index (χ4n) is 1.69. The first-order valence-corrected chi connectivity index (χ1v) is 5.25. The van der Waals surface area contributed by atoms with Gasteiger partial charge in [-0.05, 0) is 32.6 Å². The van der Waals surface area contributed by atoms with E-state index in [9.17, 15) is 4.79 Å². The van der Waals surface area contributed by atoms with Gasteiger partial charge in [-0.25, -0.2) is 0 Å². The van der Waals surface area contributed by atoms with Crippen molar-refractivity contribution in [2.75, 3.05) is 13.2 Å². The minimum absolute atomic E-state index is 0. The van der Waals surface area contributed by atoms with Crippen LogP contribution in [0.2, 0.25) is 0 Å². The van der Waals surface area contributed by atoms with Gasteiger partial charge >= 0.3 is 0 Å². The number of amides is 1. The van der Waals surface area contributed by atoms with E-state index in [1.807, 2.05) is 6.92 Å². The number of ether oxygens (including phenoxy) is 1. The van der Waals surface area contributed by atoms with Gasteiger partial charge in [0.2, 0.25) is 5.91 Å². The monoisotopic (exact) mass is 236 g/mol. The van der Waals surface area contributed by atoms with E-state index in [1.54, 1.807) is 6.92 Å². The molecule has 1 heterocycles. The Morgan fingerprint density at radius 2 is 1.93 bits per heavy atom. The number of rotatable bonds is 3. The van der Waals surface area contributed by atoms with Crippen LogP contribution in [-0.4, -0.2) is 31.2 Å². The van der Waals surface area contributed by atoms with Gasteiger partial charge in [0.25, 0.3) is 0 Å². The standard InChI is InChI=1S/C10H20N2O2.ClH/c1-7(11)10(13)12-8(2)9-3-5-14-6-4-9;/h7-9H,3-6,11H2,1-2H3,(H,12,13);1H/t7-,8?;/m0./s1. The number of carbonyl (C=O) groups excluding carboxylic acids is 1. The second-order valence-corrected chi connectivity index (χ2v) is 4.04. The normalized spacial score (nSPS) is 21.3. The van der Waals surface area contributed by atoms with Gasteiger partial charge in [0, 0.05) is 19.3 Å². The summed E-state index contributed by atoms with van der Waals surface area (Å²) in [5.74, 6) is 0.468. The van der Waals surface area contributed by atoms with Gasteiger partial charge in [-0.1, -0.05) is 0 Å². The van der Waals surface area contributed by atoms with Gasteiger partial charge in [-0.3, -0.25) is 4.79 Å². The predicted molar refractivity (Wildman–Crippen MR) is 62.0 cm³/mol. The molecule has 5 heteroatoms. The molecule has 90 valence electrons. The van der Waals surface area contributed by atoms with Crippen LogP contribution < -0.4 is 11.1 Å². The number of nitrogens with two attached hydrogens (primary N) is 1. The zero-order valence-electron chi connectivity index (χ0n) is 9.36. The number of hydrogen-bond acceptors (Lipinski definition) is 3. The smallest absolute Gasteiger partial charge is 0.236 e. The van der Waals surface area contributed by atoms with Crippen LogP contribution in [-0.2, 0) is 9.53 Å². The van der Waals surface area contributed by atoms with E-state index in [-0.39, 0.29) is 24.4 Å². The Morgan fingerprint density at radius 3 is 2.40 bits per heavy atom. The third-order valence-corrected chi connectivity index (χ3v) is 2.76. The minimum Gasteiger partial charge on any atom is -0.381 e. The van der Waals surface area contributed by atoms with Crippen LogP contribution >= 0.6 is 12.4 Å². The Labute approximate surface area is 97.3 Å². The molecule has 0 spiro atoms. The molecule has 1 aliphatic heterocycles. The van der Waals surface area contributed by atoms with Gasteiger partial charge in [0.15, 0.2) is 0 Å². The third-order valence-electron chi connectivity index (χ3n) is 2.76. The molecule has 15 heavy (non-hydrogen) atoms. The average Bonchev–Trinajstić information content (AvgIpc) is 2.19. The molecule has 1 saturated heterocycles. The zero-order valence-corrected chi connectivity index (χ0v) is 10.2. The molecule has 1 unspecified atom stereocenters. The summed E-state index contributed by atoms with van der Waals surface area (Å²) < 4.78 is 5.26. The summed E-state index contributed by atoms with van der Waals surface area (Å²) in [6.45, 7) is 5.36. The number of hydrogen-bond donors (Lipinski definition) is 2. The summed E-state index contributed by atoms with van der Waals surface area (Å²) in [6, 6.07) is -0.213. The fraction of sp³-hybridized carbons (Fsp3) is 0.900. The average molecular weight is 237 g/mol. The first-order chi connectivity index (χ1) is 6.61. The molecule has 0 aromatic rings. The summed E-state index contributed by atoms with van der Waals surface area (Å²) in [6.07, 6.45) is 2.06. The summed E-state index contributed by atoms with van der Waals surface area (Å²) in [5, 5.41) is 2.93. The molecule has 2 atom stereocenters. The van der Waals surface area contributed by atoms with Crippen molar-refractivity contribution in [1.82, 2.24) is 5.32 Å². The second-order valence-electron chi connectivity index (χ2n) is 4.04. The molecule has 1 rings (SSSR count). The topological polar surface area (TPSA) is 64.4 Å². The SMILES string of the molecule is CC(NC(=O)[C@H](C)N)C1CCOCC1.Cl. The first kappa shape index (κ1) is 14.7. The highest BCUT2D eigenvalue weighted by atomic mass is 35.5. The Kier molecular flexibility index (Phi) is 6.89. The number of carbonyl (C=O) groups is 1. The molecule has 0 aliphatic carbocycles. The Balaban J connectivity index is 0.00000196. The van der Waals surface area contributed by atoms with Crippen LogP contribution in [0.25, 0.3) is 0 Å². The molecule has 0 bridgehead atoms. The molecule has 4 nitrogen and oxygen atoms in total. The van der Waals surface area contributed by atoms with E-state index in [2.05, 4.69) is 5.32 Å². The lowest BCUT2D eigenvalue weighted by Crippen LogP contribution is -2.46. The molecule has 1 amide bonds. The summed E-state index contributed by atoms with van der Waals surface area (Å²) in [7, 11) is 0. The predicted octanol–water partition coefficient (Wildman–Crippen LogP) is 0.687. The minimum atomic E-state index is -0.419. The lowest BCUT2D eigenvalue weighted by molar-refractivity contribution is -0.123. The van der Waals surface area contributed by atoms with E-state index >= 15 is 0 Å². The number of nitrogens with one attached hydrogen (secondary N) is 1. The van der Waals surface area contributed by atoms with E-state index < -0.39 is 6.04 Å². The van der Waals surface area contributed by atoms with Crippen molar-refractivity contribution >= 4 is 18.3 Å². The van der Waals surface area contributed by atoms with Crippen LogP contribution in [0, 0.1) is 5.92 Å². The number of halogens is 1. The maximum Gasteiger partial charge on any atom is 0.236 e. The molecule has 3 N–H and O–H groups in total. The Morgan fingerprint density at radius 1 is 1.40 bits per heavy atom. The first-order valence-electron chi connectivity index (χ1n) is 5.25. The van der Waals surface area contributed by atoms with E-state index in [0.29, 0.717) is 5.92 Å². The maximum atomic E-state index is 11.3. The lowest BCUT2D eigenvalue weighted by atomic mass is 9.93. The zero-order chi connectivity index (χ0) is 10.6. The highest BCUT2D eigenvalue weighted by molar-refractivity contribution is 5.85. The van der Waals surface area contributed by atoms with Crippen LogP contribution in [0.15, 0.2) is 0 Å². The molecular formula is C10H21ClN2O2. The van der Waals surface area contributed by atoms with Gasteiger partial charge in [-0.15, -0.1) is 12.4 Å². The third kappa shape index (κ3) is 4.82. The van der Waals surface area contributed by atoms with Gasteiger partial charge < -0.3 is 15.8 Å². The maximum absolute atomic E-state index is 11.3. The van der Waals surface area contributed by atoms with E-state index in [4.69, 9.17) is 10.5 Å². The quantitative estimate of drug-likeness (QED) is 0.758. The van der Waals surface area contributed by atoms with Crippen LogP contribution in [0.5, 0.6) is 0 Å². The van der Waals surface area contributed by atoms with Crippen LogP contribution in [0.1, 0.15) is 26.7 Å². The Bertz CT molecular complexity index is 194. The van der Waals surface area contributed by atoms with Gasteiger partial charge in [0.1, 0.15) is 0 Å². The molecule has 0 aromatic carbocycles. The van der Waals surface area contributed by atoms with Gasteiger partial charge in [-0.2, -0.15) is 0 Å². The molecule has 0 aromatic heterocycles. The van der Waals surface area contributed by atoms with E-state index in [0.717, 1.165) is 26.1 Å². The van der Waals surface area contributed by atoms with Crippen molar-refractivity contribution in [3.05, 3.63) is 0 Å². The molecule has 1 aliphatic rings. The molecule has 0 saturated carbocycles. The molecule has 1 fully saturated rings. The fourth-order valence-corrected chi connectivity index (χ4v) is 1.69. The van der Waals surface area contributed by atoms with Crippen molar-refractivity contribution in [3.63, 3.8) is 0 Å². The van der Waals surface area contributed by atoms with Crippen LogP contribution in [0.4, 0.5) is 0 Å². The van der Waals surface area contributed by atoms with E-state index in [1.165, 1.54) is 0 Å². The van der Waals surface area contributed by atoms with Crippen molar-refractivity contribution in [1.29, 1.82) is 0 Å². The second kappa shape index (κ2) is 7.04. The van der Waals surface area contributed by atoms with Gasteiger partial charge in [0.05, 0.1) is 6.04 Å². The van der Waals surface area contributed by atoms with Crippen molar-refractivity contribution in [2.24, 2.45) is 11.7 Å². The highest BCUT2D eigenvalue weighted by Crippen LogP contribution is 2.18. The molecule has 0 radical (unpaired) electrons. The van der Waals surface area contributed by atoms with Crippen LogP contribution in [0.3, 0.4) is 0 Å². The van der Waals surface area contributed by atoms with Crippen molar-refractivity contribution < 1.29 is 9.53 Å². The summed E-state index contributed by atoms with van der Waals surface area (Å²) >= 11 is 0. The largest absolute Gasteiger partial charge is 0.381 e. The van der Waals surface area contributed by atoms with Crippen molar-refractivity contribution in [3.8, 4) is 0 Å². The summed E-state index contributed by atoms with van der Waals surface area (Å²) in [4.78, 5) is 11.3. The Hall–Kier alpha value is -0.320. The summed E-state index contributed by atoms with van der Waals surface area (Å²) in [5.41, 5.74) is 5.48. The van der Waals surface area contributed by atoms with Crippen molar-refractivity contribution in [2.45, 2.75) is 38.8 Å².